The molecule has 2 aromatic rings. The summed E-state index contributed by atoms with van der Waals surface area (Å²) in [6.45, 7) is 3.73. The van der Waals surface area contributed by atoms with Crippen LogP contribution in [0.4, 0.5) is 5.82 Å². The van der Waals surface area contributed by atoms with E-state index in [0.717, 1.165) is 0 Å². The monoisotopic (exact) mass is 235 g/mol. The number of aromatic nitrogens is 4. The number of amides is 1. The molecule has 0 aromatic carbocycles. The van der Waals surface area contributed by atoms with Crippen LogP contribution in [0.3, 0.4) is 0 Å². The minimum absolute atomic E-state index is 0.00268. The van der Waals surface area contributed by atoms with Crippen LogP contribution < -0.4 is 5.32 Å². The van der Waals surface area contributed by atoms with Crippen LogP contribution in [0, 0.1) is 0 Å². The lowest BCUT2D eigenvalue weighted by atomic mass is 10.4. The fraction of sp³-hybridized carbons (Fsp3) is 0.400. The zero-order chi connectivity index (χ0) is 12.3. The second-order valence-electron chi connectivity index (χ2n) is 3.73. The van der Waals surface area contributed by atoms with Gasteiger partial charge in [-0.05, 0) is 13.8 Å². The first-order valence-corrected chi connectivity index (χ1v) is 5.22. The fourth-order valence-corrected chi connectivity index (χ4v) is 1.27. The van der Waals surface area contributed by atoms with E-state index in [4.69, 9.17) is 4.74 Å². The molecule has 0 aliphatic heterocycles. The number of fused-ring (bicyclic) bond motifs is 1. The second kappa shape index (κ2) is 4.88. The van der Waals surface area contributed by atoms with Crippen LogP contribution in [0.2, 0.25) is 0 Å². The molecule has 7 heteroatoms. The quantitative estimate of drug-likeness (QED) is 0.814. The molecule has 2 aromatic heterocycles. The van der Waals surface area contributed by atoms with Crippen molar-refractivity contribution in [2.24, 2.45) is 0 Å². The summed E-state index contributed by atoms with van der Waals surface area (Å²) in [5.41, 5.74) is 1.12. The van der Waals surface area contributed by atoms with Crippen molar-refractivity contribution in [3.63, 3.8) is 0 Å². The molecule has 0 aliphatic carbocycles. The first-order valence-electron chi connectivity index (χ1n) is 5.22. The Morgan fingerprint density at radius 3 is 3.06 bits per heavy atom. The van der Waals surface area contributed by atoms with E-state index in [1.165, 1.54) is 12.7 Å². The number of carbonyl (C=O) groups is 1. The lowest BCUT2D eigenvalue weighted by Crippen LogP contribution is -2.21. The highest BCUT2D eigenvalue weighted by Gasteiger charge is 2.09. The van der Waals surface area contributed by atoms with Crippen LogP contribution in [-0.2, 0) is 9.53 Å². The number of rotatable bonds is 4. The highest BCUT2D eigenvalue weighted by Crippen LogP contribution is 2.13. The summed E-state index contributed by atoms with van der Waals surface area (Å²) < 4.78 is 5.19. The maximum absolute atomic E-state index is 11.6. The van der Waals surface area contributed by atoms with Gasteiger partial charge in [0.25, 0.3) is 5.91 Å². The molecule has 0 atom stereocenters. The Balaban J connectivity index is 2.08. The number of carbonyl (C=O) groups excluding carboxylic acids is 1. The molecule has 1 amide bonds. The van der Waals surface area contributed by atoms with Crippen LogP contribution in [0.25, 0.3) is 11.2 Å². The average molecular weight is 235 g/mol. The van der Waals surface area contributed by atoms with E-state index in [1.807, 2.05) is 13.8 Å². The average Bonchev–Trinajstić information content (AvgIpc) is 2.75. The van der Waals surface area contributed by atoms with Gasteiger partial charge in [0.05, 0.1) is 12.4 Å². The number of hydrogen-bond donors (Lipinski definition) is 2. The normalized spacial score (nSPS) is 11.0. The Kier molecular flexibility index (Phi) is 3.29. The number of H-pyrrole nitrogens is 1. The van der Waals surface area contributed by atoms with Crippen molar-refractivity contribution < 1.29 is 9.53 Å². The van der Waals surface area contributed by atoms with Crippen molar-refractivity contribution in [1.29, 1.82) is 0 Å². The number of imidazole rings is 1. The second-order valence-corrected chi connectivity index (χ2v) is 3.73. The van der Waals surface area contributed by atoms with Crippen molar-refractivity contribution in [2.45, 2.75) is 20.0 Å². The lowest BCUT2D eigenvalue weighted by molar-refractivity contribution is -0.121. The van der Waals surface area contributed by atoms with Gasteiger partial charge in [-0.1, -0.05) is 0 Å². The Morgan fingerprint density at radius 1 is 1.47 bits per heavy atom. The molecule has 0 saturated heterocycles. The number of aromatic amines is 1. The van der Waals surface area contributed by atoms with E-state index in [9.17, 15) is 4.79 Å². The topological polar surface area (TPSA) is 92.8 Å². The lowest BCUT2D eigenvalue weighted by Gasteiger charge is -2.07. The Hall–Kier alpha value is -2.02. The zero-order valence-electron chi connectivity index (χ0n) is 9.60. The third kappa shape index (κ3) is 2.76. The SMILES string of the molecule is CC(C)OCC(=O)Nc1ncnc2nc[nH]c12. The van der Waals surface area contributed by atoms with Gasteiger partial charge in [-0.2, -0.15) is 0 Å². The standard InChI is InChI=1S/C10H13N5O2/c1-6(2)17-3-7(16)15-10-8-9(12-4-11-8)13-5-14-10/h4-6H,3H2,1-2H3,(H2,11,12,13,14,15,16). The van der Waals surface area contributed by atoms with Gasteiger partial charge in [0, 0.05) is 0 Å². The molecule has 0 aliphatic rings. The third-order valence-corrected chi connectivity index (χ3v) is 2.03. The van der Waals surface area contributed by atoms with Crippen molar-refractivity contribution in [1.82, 2.24) is 19.9 Å². The molecular formula is C10H13N5O2. The van der Waals surface area contributed by atoms with Crippen molar-refractivity contribution in [3.8, 4) is 0 Å². The van der Waals surface area contributed by atoms with Crippen LogP contribution in [0.1, 0.15) is 13.8 Å². The number of nitrogens with zero attached hydrogens (tertiary/aromatic N) is 3. The van der Waals surface area contributed by atoms with Crippen LogP contribution in [0.15, 0.2) is 12.7 Å². The largest absolute Gasteiger partial charge is 0.369 e. The molecule has 0 saturated carbocycles. The maximum atomic E-state index is 11.6. The Labute approximate surface area is 97.6 Å². The van der Waals surface area contributed by atoms with Crippen molar-refractivity contribution >= 4 is 22.9 Å². The smallest absolute Gasteiger partial charge is 0.251 e. The molecule has 2 heterocycles. The molecule has 17 heavy (non-hydrogen) atoms. The number of ether oxygens (including phenoxy) is 1. The summed E-state index contributed by atoms with van der Waals surface area (Å²) in [4.78, 5) is 26.3. The van der Waals surface area contributed by atoms with E-state index in [0.29, 0.717) is 17.0 Å². The predicted octanol–water partition coefficient (Wildman–Crippen LogP) is 0.716. The van der Waals surface area contributed by atoms with E-state index < -0.39 is 0 Å². The van der Waals surface area contributed by atoms with Gasteiger partial charge < -0.3 is 15.0 Å². The summed E-state index contributed by atoms with van der Waals surface area (Å²) in [6.07, 6.45) is 2.86. The molecule has 0 spiro atoms. The van der Waals surface area contributed by atoms with E-state index in [1.54, 1.807) is 0 Å². The highest BCUT2D eigenvalue weighted by molar-refractivity contribution is 5.97. The van der Waals surface area contributed by atoms with Gasteiger partial charge in [0.2, 0.25) is 0 Å². The molecular weight excluding hydrogens is 222 g/mol. The number of hydrogen-bond acceptors (Lipinski definition) is 5. The predicted molar refractivity (Wildman–Crippen MR) is 61.4 cm³/mol. The summed E-state index contributed by atoms with van der Waals surface area (Å²) >= 11 is 0. The zero-order valence-corrected chi connectivity index (χ0v) is 9.60. The molecule has 0 bridgehead atoms. The molecule has 0 fully saturated rings. The molecule has 2 N–H and O–H groups in total. The van der Waals surface area contributed by atoms with E-state index >= 15 is 0 Å². The van der Waals surface area contributed by atoms with Crippen LogP contribution in [0.5, 0.6) is 0 Å². The Morgan fingerprint density at radius 2 is 2.29 bits per heavy atom. The van der Waals surface area contributed by atoms with Gasteiger partial charge in [0.15, 0.2) is 11.5 Å². The van der Waals surface area contributed by atoms with Gasteiger partial charge in [0.1, 0.15) is 18.5 Å². The molecule has 0 unspecified atom stereocenters. The number of nitrogens with one attached hydrogen (secondary N) is 2. The first kappa shape index (κ1) is 11.5. The molecule has 90 valence electrons. The van der Waals surface area contributed by atoms with Crippen molar-refractivity contribution in [2.75, 3.05) is 11.9 Å². The van der Waals surface area contributed by atoms with Gasteiger partial charge in [-0.25, -0.2) is 15.0 Å². The van der Waals surface area contributed by atoms with Crippen molar-refractivity contribution in [3.05, 3.63) is 12.7 Å². The maximum Gasteiger partial charge on any atom is 0.251 e. The van der Waals surface area contributed by atoms with Crippen LogP contribution >= 0.6 is 0 Å². The third-order valence-electron chi connectivity index (χ3n) is 2.03. The number of anilines is 1. The minimum Gasteiger partial charge on any atom is -0.369 e. The molecule has 2 rings (SSSR count). The summed E-state index contributed by atoms with van der Waals surface area (Å²) in [5.74, 6) is 0.151. The molecule has 7 nitrogen and oxygen atoms in total. The van der Waals surface area contributed by atoms with Crippen LogP contribution in [-0.4, -0.2) is 38.6 Å². The minimum atomic E-state index is -0.256. The van der Waals surface area contributed by atoms with E-state index in [2.05, 4.69) is 25.3 Å². The Bertz CT molecular complexity index is 522. The first-order chi connectivity index (χ1) is 8.16. The molecule has 0 radical (unpaired) electrons. The van der Waals surface area contributed by atoms with Gasteiger partial charge in [-0.15, -0.1) is 0 Å². The fourth-order valence-electron chi connectivity index (χ4n) is 1.27. The summed E-state index contributed by atoms with van der Waals surface area (Å²) in [7, 11) is 0. The highest BCUT2D eigenvalue weighted by atomic mass is 16.5. The summed E-state index contributed by atoms with van der Waals surface area (Å²) in [5, 5.41) is 2.64. The summed E-state index contributed by atoms with van der Waals surface area (Å²) in [6, 6.07) is 0. The van der Waals surface area contributed by atoms with Gasteiger partial charge >= 0.3 is 0 Å². The van der Waals surface area contributed by atoms with Gasteiger partial charge in [-0.3, -0.25) is 4.79 Å². The van der Waals surface area contributed by atoms with E-state index in [-0.39, 0.29) is 18.6 Å².